The third-order valence-electron chi connectivity index (χ3n) is 2.94. The third kappa shape index (κ3) is 4.04. The molecular formula is C13H21N3O2. The van der Waals surface area contributed by atoms with Gasteiger partial charge in [-0.05, 0) is 0 Å². The Hall–Kier alpha value is -1.54. The van der Waals surface area contributed by atoms with Gasteiger partial charge in [0.25, 0.3) is 0 Å². The molecule has 1 heterocycles. The number of rotatable bonds is 4. The highest BCUT2D eigenvalue weighted by atomic mass is 16.2. The van der Waals surface area contributed by atoms with Crippen LogP contribution in [0.15, 0.2) is 0 Å². The largest absolute Gasteiger partial charge is 0.339 e. The molecule has 0 saturated carbocycles. The normalized spacial score (nSPS) is 15.7. The smallest absolute Gasteiger partial charge is 0.236 e. The van der Waals surface area contributed by atoms with Gasteiger partial charge >= 0.3 is 0 Å². The molecule has 5 nitrogen and oxygen atoms in total. The van der Waals surface area contributed by atoms with Crippen molar-refractivity contribution in [3.05, 3.63) is 0 Å². The van der Waals surface area contributed by atoms with Crippen molar-refractivity contribution >= 4 is 11.8 Å². The Kier molecular flexibility index (Phi) is 5.66. The van der Waals surface area contributed by atoms with Crippen molar-refractivity contribution in [2.24, 2.45) is 5.92 Å². The maximum atomic E-state index is 11.8. The van der Waals surface area contributed by atoms with Crippen LogP contribution >= 0.6 is 0 Å². The van der Waals surface area contributed by atoms with Crippen molar-refractivity contribution < 1.29 is 9.59 Å². The molecule has 5 heteroatoms. The average molecular weight is 251 g/mol. The summed E-state index contributed by atoms with van der Waals surface area (Å²) in [5.41, 5.74) is 0. The zero-order valence-corrected chi connectivity index (χ0v) is 11.1. The molecule has 0 unspecified atom stereocenters. The van der Waals surface area contributed by atoms with Crippen LogP contribution in [0.5, 0.6) is 0 Å². The van der Waals surface area contributed by atoms with Crippen LogP contribution in [0.3, 0.4) is 0 Å². The van der Waals surface area contributed by atoms with E-state index in [0.29, 0.717) is 32.7 Å². The molecule has 2 amide bonds. The van der Waals surface area contributed by atoms with Crippen LogP contribution in [0.1, 0.15) is 13.8 Å². The number of nitrogens with one attached hydrogen (secondary N) is 1. The minimum Gasteiger partial charge on any atom is -0.339 e. The fourth-order valence-corrected chi connectivity index (χ4v) is 1.89. The van der Waals surface area contributed by atoms with Crippen LogP contribution in [0.2, 0.25) is 0 Å². The Morgan fingerprint density at radius 2 is 1.78 bits per heavy atom. The first-order valence-electron chi connectivity index (χ1n) is 6.27. The van der Waals surface area contributed by atoms with Gasteiger partial charge in [0.15, 0.2) is 0 Å². The van der Waals surface area contributed by atoms with Crippen LogP contribution in [-0.2, 0) is 9.59 Å². The summed E-state index contributed by atoms with van der Waals surface area (Å²) in [7, 11) is 0. The summed E-state index contributed by atoms with van der Waals surface area (Å²) < 4.78 is 0. The van der Waals surface area contributed by atoms with Gasteiger partial charge in [0, 0.05) is 32.1 Å². The zero-order chi connectivity index (χ0) is 13.5. The van der Waals surface area contributed by atoms with E-state index in [1.165, 1.54) is 0 Å². The van der Waals surface area contributed by atoms with E-state index < -0.39 is 0 Å². The Morgan fingerprint density at radius 1 is 1.22 bits per heavy atom. The van der Waals surface area contributed by atoms with Crippen molar-refractivity contribution in [2.75, 3.05) is 39.3 Å². The minimum atomic E-state index is 0.0181. The first-order valence-corrected chi connectivity index (χ1v) is 6.27. The molecule has 100 valence electrons. The SMILES string of the molecule is C#CCNCC(=O)N1CCN(C(=O)C(C)C)CC1. The molecule has 1 aliphatic rings. The quantitative estimate of drug-likeness (QED) is 0.543. The van der Waals surface area contributed by atoms with E-state index in [-0.39, 0.29) is 24.3 Å². The predicted molar refractivity (Wildman–Crippen MR) is 69.7 cm³/mol. The van der Waals surface area contributed by atoms with Crippen molar-refractivity contribution in [3.63, 3.8) is 0 Å². The second kappa shape index (κ2) is 7.02. The van der Waals surface area contributed by atoms with E-state index in [9.17, 15) is 9.59 Å². The molecule has 0 aromatic carbocycles. The van der Waals surface area contributed by atoms with Crippen molar-refractivity contribution in [2.45, 2.75) is 13.8 Å². The highest BCUT2D eigenvalue weighted by molar-refractivity contribution is 5.80. The van der Waals surface area contributed by atoms with E-state index >= 15 is 0 Å². The molecule has 1 fully saturated rings. The number of piperazine rings is 1. The van der Waals surface area contributed by atoms with Gasteiger partial charge in [-0.3, -0.25) is 14.9 Å². The molecule has 0 aromatic heterocycles. The molecule has 1 aliphatic heterocycles. The highest BCUT2D eigenvalue weighted by Gasteiger charge is 2.24. The van der Waals surface area contributed by atoms with E-state index in [0.717, 1.165) is 0 Å². The molecule has 1 saturated heterocycles. The summed E-state index contributed by atoms with van der Waals surface area (Å²) >= 11 is 0. The Labute approximate surface area is 109 Å². The molecule has 0 bridgehead atoms. The van der Waals surface area contributed by atoms with Crippen molar-refractivity contribution in [1.29, 1.82) is 0 Å². The van der Waals surface area contributed by atoms with Crippen LogP contribution in [0.4, 0.5) is 0 Å². The molecule has 1 N–H and O–H groups in total. The fraction of sp³-hybridized carbons (Fsp3) is 0.692. The first kappa shape index (κ1) is 14.5. The number of nitrogens with zero attached hydrogens (tertiary/aromatic N) is 2. The Balaban J connectivity index is 2.33. The lowest BCUT2D eigenvalue weighted by atomic mass is 10.1. The van der Waals surface area contributed by atoms with Gasteiger partial charge in [0.05, 0.1) is 13.1 Å². The second-order valence-corrected chi connectivity index (χ2v) is 4.67. The lowest BCUT2D eigenvalue weighted by Gasteiger charge is -2.35. The zero-order valence-electron chi connectivity index (χ0n) is 11.1. The van der Waals surface area contributed by atoms with Gasteiger partial charge in [-0.1, -0.05) is 19.8 Å². The third-order valence-corrected chi connectivity index (χ3v) is 2.94. The van der Waals surface area contributed by atoms with Crippen LogP contribution in [0.25, 0.3) is 0 Å². The van der Waals surface area contributed by atoms with E-state index in [4.69, 9.17) is 6.42 Å². The number of carbonyl (C=O) groups is 2. The molecule has 1 rings (SSSR count). The number of carbonyl (C=O) groups excluding carboxylic acids is 2. The summed E-state index contributed by atoms with van der Waals surface area (Å²) in [5.74, 6) is 2.65. The average Bonchev–Trinajstić information content (AvgIpc) is 2.38. The standard InChI is InChI=1S/C13H21N3O2/c1-4-5-14-10-12(17)15-6-8-16(9-7-15)13(18)11(2)3/h1,11,14H,5-10H2,2-3H3. The van der Waals surface area contributed by atoms with Crippen LogP contribution < -0.4 is 5.32 Å². The number of hydrogen-bond donors (Lipinski definition) is 1. The number of terminal acetylenes is 1. The van der Waals surface area contributed by atoms with Gasteiger partial charge in [0.2, 0.25) is 11.8 Å². The van der Waals surface area contributed by atoms with E-state index in [2.05, 4.69) is 11.2 Å². The fourth-order valence-electron chi connectivity index (χ4n) is 1.89. The second-order valence-electron chi connectivity index (χ2n) is 4.67. The highest BCUT2D eigenvalue weighted by Crippen LogP contribution is 2.07. The Morgan fingerprint density at radius 3 is 2.28 bits per heavy atom. The van der Waals surface area contributed by atoms with Crippen molar-refractivity contribution in [1.82, 2.24) is 15.1 Å². The van der Waals surface area contributed by atoms with Crippen molar-refractivity contribution in [3.8, 4) is 12.3 Å². The lowest BCUT2D eigenvalue weighted by Crippen LogP contribution is -2.53. The van der Waals surface area contributed by atoms with Gasteiger partial charge in [0.1, 0.15) is 0 Å². The molecule has 0 atom stereocenters. The van der Waals surface area contributed by atoms with Crippen LogP contribution in [0, 0.1) is 18.3 Å². The van der Waals surface area contributed by atoms with E-state index in [1.807, 2.05) is 18.7 Å². The monoisotopic (exact) mass is 251 g/mol. The lowest BCUT2D eigenvalue weighted by molar-refractivity contribution is -0.141. The van der Waals surface area contributed by atoms with Gasteiger partial charge < -0.3 is 9.80 Å². The topological polar surface area (TPSA) is 52.7 Å². The van der Waals surface area contributed by atoms with E-state index in [1.54, 1.807) is 4.90 Å². The first-order chi connectivity index (χ1) is 8.56. The van der Waals surface area contributed by atoms with Crippen LogP contribution in [-0.4, -0.2) is 60.9 Å². The Bertz CT molecular complexity index is 339. The van der Waals surface area contributed by atoms with Gasteiger partial charge in [-0.2, -0.15) is 0 Å². The predicted octanol–water partition coefficient (Wildman–Crippen LogP) is -0.464. The maximum absolute atomic E-state index is 11.8. The summed E-state index contributed by atoms with van der Waals surface area (Å²) in [5, 5.41) is 2.88. The molecule has 0 radical (unpaired) electrons. The summed E-state index contributed by atoms with van der Waals surface area (Å²) in [6.07, 6.45) is 5.09. The summed E-state index contributed by atoms with van der Waals surface area (Å²) in [6.45, 7) is 6.91. The number of amides is 2. The summed E-state index contributed by atoms with van der Waals surface area (Å²) in [6, 6.07) is 0. The molecular weight excluding hydrogens is 230 g/mol. The maximum Gasteiger partial charge on any atom is 0.236 e. The minimum absolute atomic E-state index is 0.0181. The summed E-state index contributed by atoms with van der Waals surface area (Å²) in [4.78, 5) is 27.1. The molecule has 0 aliphatic carbocycles. The molecule has 0 aromatic rings. The molecule has 18 heavy (non-hydrogen) atoms. The molecule has 0 spiro atoms. The van der Waals surface area contributed by atoms with Gasteiger partial charge in [-0.15, -0.1) is 6.42 Å². The van der Waals surface area contributed by atoms with Gasteiger partial charge in [-0.25, -0.2) is 0 Å². The number of hydrogen-bond acceptors (Lipinski definition) is 3.